The first-order valence-electron chi connectivity index (χ1n) is 6.01. The number of nitriles is 1. The molecule has 0 aliphatic heterocycles. The zero-order valence-corrected chi connectivity index (χ0v) is 12.5. The maximum atomic E-state index is 13.1. The molecule has 0 atom stereocenters. The molecule has 1 aromatic rings. The van der Waals surface area contributed by atoms with Gasteiger partial charge in [0.05, 0.1) is 17.9 Å². The Balaban J connectivity index is 2.65. The molecule has 0 unspecified atom stereocenters. The summed E-state index contributed by atoms with van der Waals surface area (Å²) >= 11 is 0. The van der Waals surface area contributed by atoms with Crippen molar-refractivity contribution in [3.05, 3.63) is 35.1 Å². The largest absolute Gasteiger partial charge is 0.311 e. The maximum Gasteiger partial charge on any atom is 0.209 e. The van der Waals surface area contributed by atoms with Gasteiger partial charge in [-0.25, -0.2) is 17.5 Å². The van der Waals surface area contributed by atoms with Crippen molar-refractivity contribution in [2.75, 3.05) is 12.8 Å². The van der Waals surface area contributed by atoms with Crippen molar-refractivity contribution in [3.63, 3.8) is 0 Å². The summed E-state index contributed by atoms with van der Waals surface area (Å²) in [6.45, 7) is 4.10. The van der Waals surface area contributed by atoms with Crippen LogP contribution in [0.1, 0.15) is 25.0 Å². The minimum absolute atomic E-state index is 0.287. The molecule has 110 valence electrons. The van der Waals surface area contributed by atoms with E-state index in [2.05, 4.69) is 10.0 Å². The van der Waals surface area contributed by atoms with Gasteiger partial charge in [-0.2, -0.15) is 5.26 Å². The van der Waals surface area contributed by atoms with Crippen LogP contribution in [0.25, 0.3) is 0 Å². The predicted molar refractivity (Wildman–Crippen MR) is 74.9 cm³/mol. The molecular weight excluding hydrogens is 281 g/mol. The van der Waals surface area contributed by atoms with E-state index >= 15 is 0 Å². The quantitative estimate of drug-likeness (QED) is 0.824. The average molecular weight is 299 g/mol. The van der Waals surface area contributed by atoms with Crippen molar-refractivity contribution in [2.45, 2.75) is 25.9 Å². The van der Waals surface area contributed by atoms with Crippen molar-refractivity contribution in [3.8, 4) is 6.07 Å². The third kappa shape index (κ3) is 5.65. The molecular formula is C13H18FN3O2S. The number of nitrogens with zero attached hydrogens (tertiary/aromatic N) is 1. The van der Waals surface area contributed by atoms with Crippen LogP contribution in [0, 0.1) is 17.1 Å². The Morgan fingerprint density at radius 3 is 2.60 bits per heavy atom. The Hall–Kier alpha value is -1.49. The second-order valence-corrected chi connectivity index (χ2v) is 7.02. The number of nitrogens with one attached hydrogen (secondary N) is 2. The molecule has 1 aromatic carbocycles. The van der Waals surface area contributed by atoms with Crippen molar-refractivity contribution >= 4 is 10.0 Å². The fraction of sp³-hybridized carbons (Fsp3) is 0.462. The van der Waals surface area contributed by atoms with Crippen LogP contribution < -0.4 is 10.0 Å². The summed E-state index contributed by atoms with van der Waals surface area (Å²) in [6, 6.07) is 5.94. The smallest absolute Gasteiger partial charge is 0.209 e. The highest BCUT2D eigenvalue weighted by molar-refractivity contribution is 7.88. The summed E-state index contributed by atoms with van der Waals surface area (Å²) in [5.74, 6) is -0.408. The first-order chi connectivity index (χ1) is 9.13. The molecule has 2 N–H and O–H groups in total. The van der Waals surface area contributed by atoms with Crippen molar-refractivity contribution < 1.29 is 12.8 Å². The molecule has 0 fully saturated rings. The van der Waals surface area contributed by atoms with E-state index in [0.717, 1.165) is 6.26 Å². The molecule has 0 aromatic heterocycles. The molecule has 0 radical (unpaired) electrons. The fourth-order valence-corrected chi connectivity index (χ4v) is 2.94. The Labute approximate surface area is 118 Å². The van der Waals surface area contributed by atoms with Gasteiger partial charge in [0, 0.05) is 18.6 Å². The van der Waals surface area contributed by atoms with Crippen LogP contribution in [0.3, 0.4) is 0 Å². The summed E-state index contributed by atoms with van der Waals surface area (Å²) in [7, 11) is -3.30. The first-order valence-corrected chi connectivity index (χ1v) is 7.90. The zero-order chi connectivity index (χ0) is 15.4. The average Bonchev–Trinajstić information content (AvgIpc) is 2.25. The van der Waals surface area contributed by atoms with Crippen molar-refractivity contribution in [2.24, 2.45) is 0 Å². The minimum Gasteiger partial charge on any atom is -0.311 e. The van der Waals surface area contributed by atoms with Gasteiger partial charge in [0.15, 0.2) is 0 Å². The maximum absolute atomic E-state index is 13.1. The predicted octanol–water partition coefficient (Wildman–Crippen LogP) is 1.11. The van der Waals surface area contributed by atoms with E-state index in [1.807, 2.05) is 6.07 Å². The summed E-state index contributed by atoms with van der Waals surface area (Å²) in [5.41, 5.74) is 0.267. The third-order valence-electron chi connectivity index (χ3n) is 2.53. The second kappa shape index (κ2) is 6.31. The number of sulfonamides is 1. The Morgan fingerprint density at radius 2 is 2.05 bits per heavy atom. The van der Waals surface area contributed by atoms with E-state index in [1.165, 1.54) is 18.2 Å². The lowest BCUT2D eigenvalue weighted by Crippen LogP contribution is -2.49. The van der Waals surface area contributed by atoms with Crippen molar-refractivity contribution in [1.82, 2.24) is 10.0 Å². The molecule has 0 aliphatic rings. The lowest BCUT2D eigenvalue weighted by Gasteiger charge is -2.25. The number of halogens is 1. The summed E-state index contributed by atoms with van der Waals surface area (Å²) in [5, 5.41) is 12.0. The van der Waals surface area contributed by atoms with Crippen molar-refractivity contribution in [1.29, 1.82) is 5.26 Å². The summed E-state index contributed by atoms with van der Waals surface area (Å²) in [4.78, 5) is 0. The monoisotopic (exact) mass is 299 g/mol. The van der Waals surface area contributed by atoms with Crippen LogP contribution >= 0.6 is 0 Å². The number of rotatable bonds is 6. The van der Waals surface area contributed by atoms with Crippen LogP contribution in [0.4, 0.5) is 4.39 Å². The van der Waals surface area contributed by atoms with E-state index in [-0.39, 0.29) is 6.54 Å². The molecule has 0 spiro atoms. The van der Waals surface area contributed by atoms with Crippen LogP contribution in [-0.4, -0.2) is 26.8 Å². The number of hydrogen-bond acceptors (Lipinski definition) is 4. The molecule has 0 saturated heterocycles. The minimum atomic E-state index is -3.30. The van der Waals surface area contributed by atoms with E-state index in [0.29, 0.717) is 17.7 Å². The Kier molecular flexibility index (Phi) is 5.22. The molecule has 0 amide bonds. The van der Waals surface area contributed by atoms with E-state index in [1.54, 1.807) is 13.8 Å². The van der Waals surface area contributed by atoms with Gasteiger partial charge >= 0.3 is 0 Å². The number of benzene rings is 1. The van der Waals surface area contributed by atoms with Gasteiger partial charge in [-0.05, 0) is 37.6 Å². The molecule has 1 rings (SSSR count). The highest BCUT2D eigenvalue weighted by atomic mass is 32.2. The molecule has 0 aliphatic carbocycles. The molecule has 0 bridgehead atoms. The van der Waals surface area contributed by atoms with Crippen LogP contribution in [0.5, 0.6) is 0 Å². The van der Waals surface area contributed by atoms with Gasteiger partial charge in [-0.15, -0.1) is 0 Å². The third-order valence-corrected chi connectivity index (χ3v) is 3.46. The Morgan fingerprint density at radius 1 is 1.40 bits per heavy atom. The molecule has 7 heteroatoms. The topological polar surface area (TPSA) is 82.0 Å². The molecule has 0 heterocycles. The standard InChI is InChI=1S/C13H18FN3O2S/c1-13(2,17-20(3,18)19)9-16-8-11-6-12(14)5-4-10(11)7-15/h4-6,16-17H,8-9H2,1-3H3. The fourth-order valence-electron chi connectivity index (χ4n) is 1.87. The highest BCUT2D eigenvalue weighted by Gasteiger charge is 2.21. The van der Waals surface area contributed by atoms with E-state index < -0.39 is 21.4 Å². The van der Waals surface area contributed by atoms with Gasteiger partial charge in [0.2, 0.25) is 10.0 Å². The molecule has 20 heavy (non-hydrogen) atoms. The van der Waals surface area contributed by atoms with E-state index in [4.69, 9.17) is 5.26 Å². The second-order valence-electron chi connectivity index (χ2n) is 5.27. The zero-order valence-electron chi connectivity index (χ0n) is 11.7. The highest BCUT2D eigenvalue weighted by Crippen LogP contribution is 2.11. The lowest BCUT2D eigenvalue weighted by molar-refractivity contribution is 0.420. The first kappa shape index (κ1) is 16.6. The summed E-state index contributed by atoms with van der Waals surface area (Å²) < 4.78 is 38.0. The number of hydrogen-bond donors (Lipinski definition) is 2. The molecule has 5 nitrogen and oxygen atoms in total. The van der Waals surface area contributed by atoms with Gasteiger partial charge in [-0.1, -0.05) is 0 Å². The van der Waals surface area contributed by atoms with Gasteiger partial charge in [0.1, 0.15) is 5.82 Å². The molecule has 0 saturated carbocycles. The van der Waals surface area contributed by atoms with Gasteiger partial charge < -0.3 is 5.32 Å². The van der Waals surface area contributed by atoms with Crippen LogP contribution in [0.15, 0.2) is 18.2 Å². The van der Waals surface area contributed by atoms with Crippen LogP contribution in [0.2, 0.25) is 0 Å². The van der Waals surface area contributed by atoms with Gasteiger partial charge in [-0.3, -0.25) is 0 Å². The lowest BCUT2D eigenvalue weighted by atomic mass is 10.1. The van der Waals surface area contributed by atoms with Crippen LogP contribution in [-0.2, 0) is 16.6 Å². The summed E-state index contributed by atoms with van der Waals surface area (Å²) in [6.07, 6.45) is 1.09. The normalized spacial score (nSPS) is 12.2. The Bertz CT molecular complexity index is 621. The SMILES string of the molecule is CC(C)(CNCc1cc(F)ccc1C#N)NS(C)(=O)=O. The van der Waals surface area contributed by atoms with E-state index in [9.17, 15) is 12.8 Å². The van der Waals surface area contributed by atoms with Gasteiger partial charge in [0.25, 0.3) is 0 Å².